The summed E-state index contributed by atoms with van der Waals surface area (Å²) < 4.78 is 22.4. The van der Waals surface area contributed by atoms with E-state index in [1.807, 2.05) is 6.92 Å². The Kier molecular flexibility index (Phi) is 5.86. The van der Waals surface area contributed by atoms with E-state index >= 15 is 0 Å². The van der Waals surface area contributed by atoms with Gasteiger partial charge in [0.15, 0.2) is 0 Å². The predicted molar refractivity (Wildman–Crippen MR) is 76.1 cm³/mol. The molecule has 8 nitrogen and oxygen atoms in total. The largest absolute Gasteiger partial charge is 0.379 e. The van der Waals surface area contributed by atoms with Crippen LogP contribution in [0.1, 0.15) is 13.3 Å². The van der Waals surface area contributed by atoms with Crippen molar-refractivity contribution in [3.05, 3.63) is 28.3 Å². The molecule has 0 fully saturated rings. The minimum atomic E-state index is -3.95. The molecule has 0 aliphatic rings. The molecular weight excluding hydrogens is 284 g/mol. The van der Waals surface area contributed by atoms with Gasteiger partial charge in [0.05, 0.1) is 9.82 Å². The first-order chi connectivity index (χ1) is 9.36. The van der Waals surface area contributed by atoms with Gasteiger partial charge in [-0.25, -0.2) is 13.6 Å². The zero-order valence-electron chi connectivity index (χ0n) is 11.1. The molecule has 4 N–H and O–H groups in total. The molecule has 1 aromatic carbocycles. The van der Waals surface area contributed by atoms with Gasteiger partial charge < -0.3 is 10.6 Å². The van der Waals surface area contributed by atoms with E-state index < -0.39 is 14.9 Å². The summed E-state index contributed by atoms with van der Waals surface area (Å²) >= 11 is 0. The van der Waals surface area contributed by atoms with Crippen LogP contribution in [-0.2, 0) is 10.0 Å². The molecule has 112 valence electrons. The van der Waals surface area contributed by atoms with Gasteiger partial charge in [0, 0.05) is 12.6 Å². The quantitative estimate of drug-likeness (QED) is 0.367. The average molecular weight is 302 g/mol. The number of hydrogen-bond donors (Lipinski definition) is 3. The van der Waals surface area contributed by atoms with Gasteiger partial charge >= 0.3 is 0 Å². The second-order valence-electron chi connectivity index (χ2n) is 4.11. The lowest BCUT2D eigenvalue weighted by atomic mass is 10.2. The molecule has 1 aromatic rings. The topological polar surface area (TPSA) is 127 Å². The fourth-order valence-corrected chi connectivity index (χ4v) is 2.14. The van der Waals surface area contributed by atoms with Crippen LogP contribution in [0.4, 0.5) is 11.4 Å². The Morgan fingerprint density at radius 3 is 2.60 bits per heavy atom. The van der Waals surface area contributed by atoms with Crippen LogP contribution < -0.4 is 15.8 Å². The summed E-state index contributed by atoms with van der Waals surface area (Å²) in [6.07, 6.45) is 0.794. The lowest BCUT2D eigenvalue weighted by Crippen LogP contribution is -2.17. The smallest absolute Gasteiger partial charge is 0.293 e. The van der Waals surface area contributed by atoms with Gasteiger partial charge in [-0.15, -0.1) is 0 Å². The fourth-order valence-electron chi connectivity index (χ4n) is 1.60. The Labute approximate surface area is 117 Å². The van der Waals surface area contributed by atoms with Crippen LogP contribution in [-0.4, -0.2) is 33.0 Å². The lowest BCUT2D eigenvalue weighted by molar-refractivity contribution is -0.384. The highest BCUT2D eigenvalue weighted by molar-refractivity contribution is 7.89. The molecular formula is C11H18N4O4S. The third-order valence-corrected chi connectivity index (χ3v) is 3.50. The summed E-state index contributed by atoms with van der Waals surface area (Å²) in [5, 5.41) is 22.0. The molecule has 0 saturated carbocycles. The second-order valence-corrected chi connectivity index (χ2v) is 5.68. The SMILES string of the molecule is CCNCCCNc1ccc(S(N)(=O)=O)cc1[N+](=O)[O-]. The molecule has 20 heavy (non-hydrogen) atoms. The van der Waals surface area contributed by atoms with Crippen molar-refractivity contribution in [2.24, 2.45) is 5.14 Å². The van der Waals surface area contributed by atoms with Gasteiger partial charge in [-0.3, -0.25) is 10.1 Å². The molecule has 0 atom stereocenters. The maximum atomic E-state index is 11.2. The number of benzene rings is 1. The Hall–Kier alpha value is -1.71. The number of nitrogens with one attached hydrogen (secondary N) is 2. The standard InChI is InChI=1S/C11H18N4O4S/c1-2-13-6-3-7-14-10-5-4-9(20(12,18)19)8-11(10)15(16)17/h4-5,8,13-14H,2-3,6-7H2,1H3,(H2,12,18,19). The molecule has 0 bridgehead atoms. The Morgan fingerprint density at radius 1 is 1.35 bits per heavy atom. The van der Waals surface area contributed by atoms with Crippen molar-refractivity contribution >= 4 is 21.4 Å². The maximum Gasteiger partial charge on any atom is 0.293 e. The molecule has 0 saturated heterocycles. The maximum absolute atomic E-state index is 11.2. The lowest BCUT2D eigenvalue weighted by Gasteiger charge is -2.08. The number of sulfonamides is 1. The number of hydrogen-bond acceptors (Lipinski definition) is 6. The van der Waals surface area contributed by atoms with Crippen LogP contribution >= 0.6 is 0 Å². The molecule has 0 aliphatic heterocycles. The minimum Gasteiger partial charge on any atom is -0.379 e. The van der Waals surface area contributed by atoms with Crippen LogP contribution in [0, 0.1) is 10.1 Å². The van der Waals surface area contributed by atoms with E-state index in [9.17, 15) is 18.5 Å². The van der Waals surface area contributed by atoms with Crippen LogP contribution in [0.15, 0.2) is 23.1 Å². The summed E-state index contributed by atoms with van der Waals surface area (Å²) in [5.41, 5.74) is -0.0288. The zero-order valence-corrected chi connectivity index (χ0v) is 11.9. The van der Waals surface area contributed by atoms with E-state index in [0.29, 0.717) is 6.54 Å². The highest BCUT2D eigenvalue weighted by Crippen LogP contribution is 2.26. The fraction of sp³-hybridized carbons (Fsp3) is 0.455. The minimum absolute atomic E-state index is 0.276. The van der Waals surface area contributed by atoms with Crippen molar-refractivity contribution in [2.75, 3.05) is 25.0 Å². The van der Waals surface area contributed by atoms with Crippen molar-refractivity contribution in [3.63, 3.8) is 0 Å². The van der Waals surface area contributed by atoms with E-state index in [1.165, 1.54) is 12.1 Å². The molecule has 0 heterocycles. The van der Waals surface area contributed by atoms with Crippen molar-refractivity contribution in [1.82, 2.24) is 5.32 Å². The van der Waals surface area contributed by atoms with Crippen molar-refractivity contribution < 1.29 is 13.3 Å². The number of nitrogens with two attached hydrogens (primary N) is 1. The first-order valence-electron chi connectivity index (χ1n) is 6.12. The second kappa shape index (κ2) is 7.17. The van der Waals surface area contributed by atoms with Gasteiger partial charge in [0.25, 0.3) is 5.69 Å². The Bertz CT molecular complexity index is 574. The van der Waals surface area contributed by atoms with Gasteiger partial charge in [0.2, 0.25) is 10.0 Å². The van der Waals surface area contributed by atoms with Gasteiger partial charge in [-0.05, 0) is 31.6 Å². The van der Waals surface area contributed by atoms with E-state index in [2.05, 4.69) is 10.6 Å². The molecule has 9 heteroatoms. The molecule has 0 aliphatic carbocycles. The van der Waals surface area contributed by atoms with E-state index in [0.717, 1.165) is 25.6 Å². The monoisotopic (exact) mass is 302 g/mol. The summed E-state index contributed by atoms with van der Waals surface area (Å²) in [7, 11) is -3.95. The normalized spacial score (nSPS) is 11.3. The highest BCUT2D eigenvalue weighted by Gasteiger charge is 2.18. The van der Waals surface area contributed by atoms with Gasteiger partial charge in [-0.1, -0.05) is 6.92 Å². The van der Waals surface area contributed by atoms with Crippen molar-refractivity contribution in [1.29, 1.82) is 0 Å². The molecule has 0 amide bonds. The van der Waals surface area contributed by atoms with Crippen molar-refractivity contribution in [2.45, 2.75) is 18.2 Å². The van der Waals surface area contributed by atoms with E-state index in [-0.39, 0.29) is 16.3 Å². The van der Waals surface area contributed by atoms with E-state index in [4.69, 9.17) is 5.14 Å². The third-order valence-electron chi connectivity index (χ3n) is 2.59. The van der Waals surface area contributed by atoms with E-state index in [1.54, 1.807) is 0 Å². The third kappa shape index (κ3) is 4.76. The van der Waals surface area contributed by atoms with Crippen LogP contribution in [0.5, 0.6) is 0 Å². The summed E-state index contributed by atoms with van der Waals surface area (Å²) in [6, 6.07) is 3.56. The summed E-state index contributed by atoms with van der Waals surface area (Å²) in [4.78, 5) is 10.0. The zero-order chi connectivity index (χ0) is 15.2. The number of nitrogens with zero attached hydrogens (tertiary/aromatic N) is 1. The van der Waals surface area contributed by atoms with Crippen LogP contribution in [0.3, 0.4) is 0 Å². The summed E-state index contributed by atoms with van der Waals surface area (Å²) in [6.45, 7) is 4.20. The molecule has 0 spiro atoms. The molecule has 0 aromatic heterocycles. The summed E-state index contributed by atoms with van der Waals surface area (Å²) in [5.74, 6) is 0. The highest BCUT2D eigenvalue weighted by atomic mass is 32.2. The number of primary sulfonamides is 1. The number of rotatable bonds is 8. The first kappa shape index (κ1) is 16.3. The van der Waals surface area contributed by atoms with Crippen LogP contribution in [0.2, 0.25) is 0 Å². The van der Waals surface area contributed by atoms with Gasteiger partial charge in [-0.2, -0.15) is 0 Å². The molecule has 1 rings (SSSR count). The number of nitro benzene ring substituents is 1. The van der Waals surface area contributed by atoms with Gasteiger partial charge in [0.1, 0.15) is 5.69 Å². The predicted octanol–water partition coefficient (Wildman–Crippen LogP) is 0.654. The number of anilines is 1. The van der Waals surface area contributed by atoms with Crippen molar-refractivity contribution in [3.8, 4) is 0 Å². The first-order valence-corrected chi connectivity index (χ1v) is 7.66. The molecule has 0 radical (unpaired) electrons. The van der Waals surface area contributed by atoms with Crippen LogP contribution in [0.25, 0.3) is 0 Å². The Morgan fingerprint density at radius 2 is 2.05 bits per heavy atom. The molecule has 0 unspecified atom stereocenters. The Balaban J connectivity index is 2.83. The average Bonchev–Trinajstić information content (AvgIpc) is 2.37. The number of nitro groups is 1.